The number of carbonyl (C=O) groups excluding carboxylic acids is 1. The van der Waals surface area contributed by atoms with Gasteiger partial charge < -0.3 is 19.6 Å². The van der Waals surface area contributed by atoms with Crippen LogP contribution in [0.25, 0.3) is 5.95 Å². The number of piperazine rings is 1. The van der Waals surface area contributed by atoms with Crippen LogP contribution in [-0.4, -0.2) is 82.7 Å². The Morgan fingerprint density at radius 1 is 1.06 bits per heavy atom. The summed E-state index contributed by atoms with van der Waals surface area (Å²) in [7, 11) is 3.99. The molecule has 1 unspecified atom stereocenters. The van der Waals surface area contributed by atoms with Gasteiger partial charge in [-0.25, -0.2) is 9.97 Å². The van der Waals surface area contributed by atoms with Crippen molar-refractivity contribution in [3.8, 4) is 5.95 Å². The molecule has 1 saturated heterocycles. The maximum atomic E-state index is 13.1. The Labute approximate surface area is 183 Å². The summed E-state index contributed by atoms with van der Waals surface area (Å²) in [6.07, 6.45) is 11.0. The van der Waals surface area contributed by atoms with Crippen LogP contribution in [0.15, 0.2) is 18.6 Å². The largest absolute Gasteiger partial charge is 0.340 e. The van der Waals surface area contributed by atoms with E-state index in [1.54, 1.807) is 11.1 Å². The highest BCUT2D eigenvalue weighted by Gasteiger charge is 2.41. The number of nitrogens with zero attached hydrogens (tertiary/aromatic N) is 8. The molecule has 3 aliphatic rings. The van der Waals surface area contributed by atoms with Crippen LogP contribution < -0.4 is 14.7 Å². The zero-order chi connectivity index (χ0) is 21.5. The molecule has 2 aromatic rings. The minimum Gasteiger partial charge on any atom is -0.340 e. The van der Waals surface area contributed by atoms with Crippen molar-refractivity contribution in [1.29, 1.82) is 0 Å². The molecular formula is C22H32N8O. The van der Waals surface area contributed by atoms with Crippen LogP contribution in [0.4, 0.5) is 17.5 Å². The van der Waals surface area contributed by atoms with Crippen LogP contribution in [0.2, 0.25) is 0 Å². The van der Waals surface area contributed by atoms with Gasteiger partial charge in [0, 0.05) is 51.7 Å². The summed E-state index contributed by atoms with van der Waals surface area (Å²) in [5.74, 6) is 2.52. The fraction of sp³-hybridized carbons (Fsp3) is 0.636. The van der Waals surface area contributed by atoms with Gasteiger partial charge in [-0.1, -0.05) is 19.8 Å². The summed E-state index contributed by atoms with van der Waals surface area (Å²) in [5.41, 5.74) is 0.798. The van der Waals surface area contributed by atoms with Gasteiger partial charge >= 0.3 is 0 Å². The molecule has 5 rings (SSSR count). The Hall–Kier alpha value is -2.68. The van der Waals surface area contributed by atoms with Gasteiger partial charge in [0.25, 0.3) is 0 Å². The van der Waals surface area contributed by atoms with Gasteiger partial charge in [-0.2, -0.15) is 4.98 Å². The van der Waals surface area contributed by atoms with Gasteiger partial charge in [0.05, 0.1) is 6.20 Å². The third kappa shape index (κ3) is 3.44. The van der Waals surface area contributed by atoms with Gasteiger partial charge in [0.2, 0.25) is 17.8 Å². The number of aromatic nitrogens is 4. The molecule has 1 atom stereocenters. The molecule has 166 valence electrons. The molecule has 1 aliphatic carbocycles. The van der Waals surface area contributed by atoms with E-state index >= 15 is 0 Å². The highest BCUT2D eigenvalue weighted by Crippen LogP contribution is 2.39. The molecule has 9 nitrogen and oxygen atoms in total. The third-order valence-electron chi connectivity index (χ3n) is 7.02. The van der Waals surface area contributed by atoms with Crippen LogP contribution in [0.3, 0.4) is 0 Å². The third-order valence-corrected chi connectivity index (χ3v) is 7.02. The summed E-state index contributed by atoms with van der Waals surface area (Å²) in [4.78, 5) is 36.1. The Morgan fingerprint density at radius 2 is 1.81 bits per heavy atom. The van der Waals surface area contributed by atoms with E-state index < -0.39 is 0 Å². The number of imidazole rings is 1. The van der Waals surface area contributed by atoms with Crippen molar-refractivity contribution in [2.24, 2.45) is 0 Å². The van der Waals surface area contributed by atoms with Crippen molar-refractivity contribution in [2.75, 3.05) is 55.0 Å². The summed E-state index contributed by atoms with van der Waals surface area (Å²) in [6, 6.07) is 0.201. The zero-order valence-corrected chi connectivity index (χ0v) is 18.7. The van der Waals surface area contributed by atoms with Crippen LogP contribution in [0.5, 0.6) is 0 Å². The quantitative estimate of drug-likeness (QED) is 0.742. The van der Waals surface area contributed by atoms with Crippen LogP contribution in [0.1, 0.15) is 39.0 Å². The normalized spacial score (nSPS) is 23.0. The van der Waals surface area contributed by atoms with E-state index in [0.29, 0.717) is 12.0 Å². The number of fused-ring (bicyclic) bond motifs is 1. The lowest BCUT2D eigenvalue weighted by Gasteiger charge is -2.43. The number of rotatable bonds is 4. The summed E-state index contributed by atoms with van der Waals surface area (Å²) in [5, 5.41) is 0. The van der Waals surface area contributed by atoms with E-state index in [4.69, 9.17) is 4.98 Å². The lowest BCUT2D eigenvalue weighted by molar-refractivity contribution is -0.120. The molecule has 0 N–H and O–H groups in total. The van der Waals surface area contributed by atoms with E-state index in [1.165, 1.54) is 12.8 Å². The number of likely N-dealkylation sites (N-methyl/N-ethyl adjacent to an activating group) is 2. The SMILES string of the molecule is CCC1C(=O)N(C)c2cnc(-n3ccnc3N3CCN(C)CC3)nc2N1C1CCCC1. The molecule has 2 aliphatic heterocycles. The molecule has 31 heavy (non-hydrogen) atoms. The average molecular weight is 425 g/mol. The molecule has 0 spiro atoms. The first-order chi connectivity index (χ1) is 15.1. The van der Waals surface area contributed by atoms with E-state index in [0.717, 1.165) is 62.9 Å². The molecule has 1 saturated carbocycles. The second-order valence-electron chi connectivity index (χ2n) is 8.93. The van der Waals surface area contributed by atoms with Gasteiger partial charge in [0.1, 0.15) is 11.7 Å². The molecule has 2 aromatic heterocycles. The summed E-state index contributed by atoms with van der Waals surface area (Å²) < 4.78 is 1.98. The van der Waals surface area contributed by atoms with Crippen molar-refractivity contribution in [1.82, 2.24) is 24.4 Å². The monoisotopic (exact) mass is 424 g/mol. The second-order valence-corrected chi connectivity index (χ2v) is 8.93. The van der Waals surface area contributed by atoms with Gasteiger partial charge in [-0.3, -0.25) is 9.36 Å². The number of hydrogen-bond acceptors (Lipinski definition) is 7. The molecule has 9 heteroatoms. The number of amides is 1. The molecule has 0 aromatic carbocycles. The second kappa shape index (κ2) is 8.11. The molecule has 2 fully saturated rings. The molecule has 1 amide bonds. The van der Waals surface area contributed by atoms with Gasteiger partial charge in [0.15, 0.2) is 5.82 Å². The van der Waals surface area contributed by atoms with E-state index in [2.05, 4.69) is 38.6 Å². The smallest absolute Gasteiger partial charge is 0.249 e. The maximum Gasteiger partial charge on any atom is 0.249 e. The predicted octanol–water partition coefficient (Wildman–Crippen LogP) is 1.92. The Balaban J connectivity index is 1.55. The molecular weight excluding hydrogens is 392 g/mol. The van der Waals surface area contributed by atoms with Gasteiger partial charge in [-0.05, 0) is 26.3 Å². The molecule has 4 heterocycles. The molecule has 0 radical (unpaired) electrons. The van der Waals surface area contributed by atoms with Crippen molar-refractivity contribution < 1.29 is 4.79 Å². The first-order valence-electron chi connectivity index (χ1n) is 11.5. The Kier molecular flexibility index (Phi) is 5.29. The highest BCUT2D eigenvalue weighted by atomic mass is 16.2. The minimum absolute atomic E-state index is 0.138. The predicted molar refractivity (Wildman–Crippen MR) is 121 cm³/mol. The standard InChI is InChI=1S/C22H32N8O/c1-4-17-20(31)27(3)18-15-24-21(25-19(18)30(17)16-7-5-6-8-16)29-10-9-23-22(29)28-13-11-26(2)12-14-28/h9-10,15-17H,4-8,11-14H2,1-3H3. The van der Waals surface area contributed by atoms with Crippen molar-refractivity contribution in [3.63, 3.8) is 0 Å². The summed E-state index contributed by atoms with van der Waals surface area (Å²) >= 11 is 0. The van der Waals surface area contributed by atoms with Crippen LogP contribution >= 0.6 is 0 Å². The average Bonchev–Trinajstić information content (AvgIpc) is 3.48. The Morgan fingerprint density at radius 3 is 2.52 bits per heavy atom. The first-order valence-corrected chi connectivity index (χ1v) is 11.5. The van der Waals surface area contributed by atoms with Crippen molar-refractivity contribution in [3.05, 3.63) is 18.6 Å². The lowest BCUT2D eigenvalue weighted by Crippen LogP contribution is -2.55. The molecule has 0 bridgehead atoms. The summed E-state index contributed by atoms with van der Waals surface area (Å²) in [6.45, 7) is 5.98. The van der Waals surface area contributed by atoms with Crippen molar-refractivity contribution in [2.45, 2.75) is 51.1 Å². The highest BCUT2D eigenvalue weighted by molar-refractivity contribution is 6.04. The van der Waals surface area contributed by atoms with Crippen LogP contribution in [-0.2, 0) is 4.79 Å². The lowest BCUT2D eigenvalue weighted by atomic mass is 10.0. The van der Waals surface area contributed by atoms with E-state index in [-0.39, 0.29) is 11.9 Å². The van der Waals surface area contributed by atoms with Gasteiger partial charge in [-0.15, -0.1) is 0 Å². The van der Waals surface area contributed by atoms with E-state index in [9.17, 15) is 4.79 Å². The van der Waals surface area contributed by atoms with Crippen LogP contribution in [0, 0.1) is 0 Å². The maximum absolute atomic E-state index is 13.1. The first kappa shape index (κ1) is 20.2. The fourth-order valence-corrected chi connectivity index (χ4v) is 5.18. The van der Waals surface area contributed by atoms with E-state index in [1.807, 2.05) is 24.0 Å². The number of anilines is 3. The van der Waals surface area contributed by atoms with Crippen molar-refractivity contribution >= 4 is 23.4 Å². The Bertz CT molecular complexity index is 945. The number of hydrogen-bond donors (Lipinski definition) is 0. The fourth-order valence-electron chi connectivity index (χ4n) is 5.18. The zero-order valence-electron chi connectivity index (χ0n) is 18.7. The minimum atomic E-state index is -0.164. The number of carbonyl (C=O) groups is 1. The topological polar surface area (TPSA) is 73.6 Å².